The zero-order valence-electron chi connectivity index (χ0n) is 11.9. The van der Waals surface area contributed by atoms with Crippen molar-refractivity contribution >= 4 is 33.6 Å². The first-order valence-corrected chi connectivity index (χ1v) is 7.17. The average Bonchev–Trinajstić information content (AvgIpc) is 2.33. The molecule has 1 fully saturated rings. The molecule has 1 aromatic rings. The van der Waals surface area contributed by atoms with Crippen LogP contribution in [-0.4, -0.2) is 33.9 Å². The van der Waals surface area contributed by atoms with Crippen LogP contribution < -0.4 is 10.2 Å². The van der Waals surface area contributed by atoms with Crippen LogP contribution in [-0.2, 0) is 9.59 Å². The number of nitrogens with one attached hydrogen (secondary N) is 1. The van der Waals surface area contributed by atoms with Crippen molar-refractivity contribution in [1.29, 1.82) is 0 Å². The number of aromatic nitrogens is 2. The molecule has 1 aromatic heterocycles. The van der Waals surface area contributed by atoms with E-state index in [-0.39, 0.29) is 24.3 Å². The van der Waals surface area contributed by atoms with Gasteiger partial charge in [-0.2, -0.15) is 0 Å². The van der Waals surface area contributed by atoms with E-state index in [4.69, 9.17) is 0 Å². The summed E-state index contributed by atoms with van der Waals surface area (Å²) in [5, 5.41) is 2.35. The van der Waals surface area contributed by atoms with Crippen molar-refractivity contribution in [1.82, 2.24) is 15.3 Å². The van der Waals surface area contributed by atoms with E-state index in [1.54, 1.807) is 24.8 Å². The van der Waals surface area contributed by atoms with Gasteiger partial charge in [0.2, 0.25) is 5.91 Å². The quantitative estimate of drug-likeness (QED) is 0.653. The second kappa shape index (κ2) is 5.12. The molecule has 0 bridgehead atoms. The third kappa shape index (κ3) is 2.67. The predicted octanol–water partition coefficient (Wildman–Crippen LogP) is 1.60. The minimum atomic E-state index is -0.837. The summed E-state index contributed by atoms with van der Waals surface area (Å²) in [6.07, 6.45) is 0. The van der Waals surface area contributed by atoms with Gasteiger partial charge in [-0.05, 0) is 29.8 Å². The van der Waals surface area contributed by atoms with Gasteiger partial charge in [0.1, 0.15) is 21.8 Å². The monoisotopic (exact) mass is 340 g/mol. The zero-order valence-corrected chi connectivity index (χ0v) is 13.5. The van der Waals surface area contributed by atoms with Crippen molar-refractivity contribution in [2.75, 3.05) is 11.4 Å². The smallest absolute Gasteiger partial charge is 0.251 e. The molecule has 1 N–H and O–H groups in total. The molecule has 0 aliphatic carbocycles. The van der Waals surface area contributed by atoms with Crippen molar-refractivity contribution in [2.24, 2.45) is 0 Å². The molecular formula is C13H17BrN4O2. The normalized spacial score (nSPS) is 18.4. The first-order valence-electron chi connectivity index (χ1n) is 6.38. The van der Waals surface area contributed by atoms with Crippen molar-refractivity contribution in [3.05, 3.63) is 16.5 Å². The molecule has 2 rings (SSSR count). The Bertz CT molecular complexity index is 571. The molecule has 1 aliphatic heterocycles. The molecule has 1 aliphatic rings. The van der Waals surface area contributed by atoms with Crippen molar-refractivity contribution in [3.8, 4) is 0 Å². The summed E-state index contributed by atoms with van der Waals surface area (Å²) in [7, 11) is 0. The fraction of sp³-hybridized carbons (Fsp3) is 0.538. The topological polar surface area (TPSA) is 75.2 Å². The minimum Gasteiger partial charge on any atom is -0.333 e. The van der Waals surface area contributed by atoms with Gasteiger partial charge in [0.25, 0.3) is 5.91 Å². The molecule has 20 heavy (non-hydrogen) atoms. The molecule has 0 unspecified atom stereocenters. The highest BCUT2D eigenvalue weighted by molar-refractivity contribution is 9.10. The third-order valence-electron chi connectivity index (χ3n) is 3.28. The fourth-order valence-electron chi connectivity index (χ4n) is 1.97. The summed E-state index contributed by atoms with van der Waals surface area (Å²) in [5.74, 6) is 0.751. The average molecular weight is 341 g/mol. The summed E-state index contributed by atoms with van der Waals surface area (Å²) >= 11 is 3.35. The zero-order chi connectivity index (χ0) is 15.1. The van der Waals surface area contributed by atoms with Gasteiger partial charge in [-0.1, -0.05) is 13.8 Å². The summed E-state index contributed by atoms with van der Waals surface area (Å²) in [6, 6.07) is 1.72. The molecule has 0 radical (unpaired) electrons. The first-order chi connectivity index (χ1) is 9.21. The number of carbonyl (C=O) groups excluding carboxylic acids is 2. The second-order valence-corrected chi connectivity index (χ2v) is 6.40. The Labute approximate surface area is 126 Å². The fourth-order valence-corrected chi connectivity index (χ4v) is 2.36. The van der Waals surface area contributed by atoms with Gasteiger partial charge in [0.15, 0.2) is 0 Å². The highest BCUT2D eigenvalue weighted by Crippen LogP contribution is 2.27. The van der Waals surface area contributed by atoms with Crippen LogP contribution in [0.3, 0.4) is 0 Å². The van der Waals surface area contributed by atoms with Crippen LogP contribution in [0.2, 0.25) is 0 Å². The van der Waals surface area contributed by atoms with Gasteiger partial charge >= 0.3 is 0 Å². The molecule has 108 valence electrons. The number of nitrogens with zero attached hydrogens (tertiary/aromatic N) is 3. The number of anilines is 1. The van der Waals surface area contributed by atoms with Crippen LogP contribution in [0, 0.1) is 0 Å². The SMILES string of the molecule is CC(C)c1nc(Br)cc(N2CC(=O)NC(=O)C2(C)C)n1. The molecule has 7 heteroatoms. The van der Waals surface area contributed by atoms with Gasteiger partial charge in [-0.3, -0.25) is 14.9 Å². The summed E-state index contributed by atoms with van der Waals surface area (Å²) < 4.78 is 0.639. The van der Waals surface area contributed by atoms with E-state index in [2.05, 4.69) is 31.2 Å². The summed E-state index contributed by atoms with van der Waals surface area (Å²) in [5.41, 5.74) is -0.837. The lowest BCUT2D eigenvalue weighted by Gasteiger charge is -2.41. The maximum atomic E-state index is 12.0. The van der Waals surface area contributed by atoms with E-state index in [0.29, 0.717) is 16.2 Å². The van der Waals surface area contributed by atoms with Gasteiger partial charge in [0.05, 0.1) is 6.54 Å². The standard InChI is InChI=1S/C13H17BrN4O2/c1-7(2)11-15-8(14)5-9(16-11)18-6-10(19)17-12(20)13(18,3)4/h5,7H,6H2,1-4H3,(H,17,19,20). The maximum Gasteiger partial charge on any atom is 0.251 e. The molecule has 2 heterocycles. The Morgan fingerprint density at radius 2 is 2.00 bits per heavy atom. The van der Waals surface area contributed by atoms with Gasteiger partial charge in [0, 0.05) is 12.0 Å². The molecule has 2 amide bonds. The summed E-state index contributed by atoms with van der Waals surface area (Å²) in [6.45, 7) is 7.61. The Balaban J connectivity index is 2.48. The largest absolute Gasteiger partial charge is 0.333 e. The predicted molar refractivity (Wildman–Crippen MR) is 78.4 cm³/mol. The van der Waals surface area contributed by atoms with E-state index in [0.717, 1.165) is 0 Å². The van der Waals surface area contributed by atoms with Crippen LogP contribution in [0.25, 0.3) is 0 Å². The third-order valence-corrected chi connectivity index (χ3v) is 3.68. The van der Waals surface area contributed by atoms with Crippen LogP contribution in [0.4, 0.5) is 5.82 Å². The minimum absolute atomic E-state index is 0.0970. The van der Waals surface area contributed by atoms with E-state index in [9.17, 15) is 9.59 Å². The maximum absolute atomic E-state index is 12.0. The van der Waals surface area contributed by atoms with E-state index >= 15 is 0 Å². The molecular weight excluding hydrogens is 324 g/mol. The number of imide groups is 1. The van der Waals surface area contributed by atoms with Crippen LogP contribution in [0.1, 0.15) is 39.4 Å². The Morgan fingerprint density at radius 1 is 1.35 bits per heavy atom. The van der Waals surface area contributed by atoms with Gasteiger partial charge < -0.3 is 4.90 Å². The molecule has 1 saturated heterocycles. The van der Waals surface area contributed by atoms with E-state index in [1.165, 1.54) is 0 Å². The van der Waals surface area contributed by atoms with Crippen LogP contribution in [0.15, 0.2) is 10.7 Å². The van der Waals surface area contributed by atoms with Crippen molar-refractivity contribution in [3.63, 3.8) is 0 Å². The van der Waals surface area contributed by atoms with E-state index in [1.807, 2.05) is 13.8 Å². The molecule has 0 spiro atoms. The lowest BCUT2D eigenvalue weighted by atomic mass is 9.99. The number of hydrogen-bond donors (Lipinski definition) is 1. The van der Waals surface area contributed by atoms with Crippen molar-refractivity contribution < 1.29 is 9.59 Å². The first kappa shape index (κ1) is 14.9. The summed E-state index contributed by atoms with van der Waals surface area (Å²) in [4.78, 5) is 34.1. The molecule has 0 saturated carbocycles. The second-order valence-electron chi connectivity index (χ2n) is 5.58. The highest BCUT2D eigenvalue weighted by atomic mass is 79.9. The van der Waals surface area contributed by atoms with E-state index < -0.39 is 5.54 Å². The highest BCUT2D eigenvalue weighted by Gasteiger charge is 2.41. The number of halogens is 1. The van der Waals surface area contributed by atoms with Gasteiger partial charge in [-0.25, -0.2) is 9.97 Å². The number of piperazine rings is 1. The molecule has 0 aromatic carbocycles. The van der Waals surface area contributed by atoms with Gasteiger partial charge in [-0.15, -0.1) is 0 Å². The lowest BCUT2D eigenvalue weighted by molar-refractivity contribution is -0.135. The van der Waals surface area contributed by atoms with Crippen molar-refractivity contribution in [2.45, 2.75) is 39.2 Å². The van der Waals surface area contributed by atoms with Crippen LogP contribution in [0.5, 0.6) is 0 Å². The number of hydrogen-bond acceptors (Lipinski definition) is 5. The molecule has 6 nitrogen and oxygen atoms in total. The lowest BCUT2D eigenvalue weighted by Crippen LogP contribution is -2.64. The Morgan fingerprint density at radius 3 is 2.60 bits per heavy atom. The Kier molecular flexibility index (Phi) is 3.82. The number of carbonyl (C=O) groups is 2. The number of rotatable bonds is 2. The number of amides is 2. The Hall–Kier alpha value is -1.50. The van der Waals surface area contributed by atoms with Crippen LogP contribution >= 0.6 is 15.9 Å². The molecule has 0 atom stereocenters.